The molecule has 0 radical (unpaired) electrons. The molecule has 0 aliphatic rings. The number of benzene rings is 1. The number of hydrogen-bond donors (Lipinski definition) is 1. The van der Waals surface area contributed by atoms with Gasteiger partial charge in [0.05, 0.1) is 4.92 Å². The van der Waals surface area contributed by atoms with Gasteiger partial charge in [-0.2, -0.15) is 0 Å². The highest BCUT2D eigenvalue weighted by Crippen LogP contribution is 2.27. The molecule has 0 atom stereocenters. The number of amides is 1. The fourth-order valence-corrected chi connectivity index (χ4v) is 1.38. The number of nitro benzene ring substituents is 1. The molecule has 16 heavy (non-hydrogen) atoms. The van der Waals surface area contributed by atoms with E-state index in [2.05, 4.69) is 5.32 Å². The van der Waals surface area contributed by atoms with E-state index in [1.165, 1.54) is 6.07 Å². The third-order valence-corrected chi connectivity index (χ3v) is 2.55. The molecular formula is C11H14N2O3. The number of rotatable bonds is 3. The molecule has 0 fully saturated rings. The number of anilines is 1. The Balaban J connectivity index is 3.12. The number of carbonyl (C=O) groups excluding carboxylic acids is 1. The summed E-state index contributed by atoms with van der Waals surface area (Å²) < 4.78 is 0. The van der Waals surface area contributed by atoms with Gasteiger partial charge in [-0.1, -0.05) is 6.92 Å². The number of carbonyl (C=O) groups is 1. The zero-order valence-electron chi connectivity index (χ0n) is 9.53. The second-order valence-corrected chi connectivity index (χ2v) is 3.54. The van der Waals surface area contributed by atoms with Crippen LogP contribution >= 0.6 is 0 Å². The average Bonchev–Trinajstić information content (AvgIpc) is 2.24. The van der Waals surface area contributed by atoms with Crippen LogP contribution in [0.15, 0.2) is 12.1 Å². The summed E-state index contributed by atoms with van der Waals surface area (Å²) >= 11 is 0. The van der Waals surface area contributed by atoms with Crippen LogP contribution in [0.3, 0.4) is 0 Å². The van der Waals surface area contributed by atoms with Crippen LogP contribution in [0, 0.1) is 24.0 Å². The predicted octanol–water partition coefficient (Wildman–Crippen LogP) is 2.56. The van der Waals surface area contributed by atoms with Gasteiger partial charge in [0.1, 0.15) is 0 Å². The third kappa shape index (κ3) is 2.36. The maximum atomic E-state index is 11.2. The summed E-state index contributed by atoms with van der Waals surface area (Å²) in [7, 11) is 0. The van der Waals surface area contributed by atoms with Crippen LogP contribution in [0.1, 0.15) is 24.5 Å². The molecule has 0 spiro atoms. The number of nitro groups is 1. The van der Waals surface area contributed by atoms with Crippen molar-refractivity contribution in [2.75, 3.05) is 5.32 Å². The van der Waals surface area contributed by atoms with Crippen molar-refractivity contribution in [3.63, 3.8) is 0 Å². The lowest BCUT2D eigenvalue weighted by atomic mass is 10.1. The summed E-state index contributed by atoms with van der Waals surface area (Å²) in [6.45, 7) is 5.19. The molecule has 86 valence electrons. The molecule has 5 heteroatoms. The van der Waals surface area contributed by atoms with E-state index < -0.39 is 4.92 Å². The molecule has 0 saturated heterocycles. The molecule has 0 bridgehead atoms. The van der Waals surface area contributed by atoms with Crippen molar-refractivity contribution in [2.45, 2.75) is 27.2 Å². The van der Waals surface area contributed by atoms with Crippen molar-refractivity contribution >= 4 is 17.3 Å². The van der Waals surface area contributed by atoms with E-state index in [0.29, 0.717) is 17.7 Å². The topological polar surface area (TPSA) is 72.2 Å². The number of nitrogens with one attached hydrogen (secondary N) is 1. The summed E-state index contributed by atoms with van der Waals surface area (Å²) in [4.78, 5) is 21.5. The minimum Gasteiger partial charge on any atom is -0.326 e. The molecule has 5 nitrogen and oxygen atoms in total. The van der Waals surface area contributed by atoms with Gasteiger partial charge in [0, 0.05) is 23.7 Å². The van der Waals surface area contributed by atoms with Crippen molar-refractivity contribution in [2.24, 2.45) is 0 Å². The zero-order chi connectivity index (χ0) is 12.3. The highest BCUT2D eigenvalue weighted by atomic mass is 16.6. The van der Waals surface area contributed by atoms with Gasteiger partial charge in [0.25, 0.3) is 5.69 Å². The van der Waals surface area contributed by atoms with E-state index in [1.807, 2.05) is 0 Å². The molecule has 1 rings (SSSR count). The molecule has 1 aromatic carbocycles. The SMILES string of the molecule is CCC(=O)Nc1ccc([N+](=O)[O-])c(C)c1C. The maximum Gasteiger partial charge on any atom is 0.272 e. The molecular weight excluding hydrogens is 208 g/mol. The van der Waals surface area contributed by atoms with Crippen molar-refractivity contribution < 1.29 is 9.72 Å². The van der Waals surface area contributed by atoms with Crippen molar-refractivity contribution in [1.29, 1.82) is 0 Å². The monoisotopic (exact) mass is 222 g/mol. The second-order valence-electron chi connectivity index (χ2n) is 3.54. The summed E-state index contributed by atoms with van der Waals surface area (Å²) in [5, 5.41) is 13.4. The Bertz CT molecular complexity index is 441. The van der Waals surface area contributed by atoms with Gasteiger partial charge in [-0.05, 0) is 25.5 Å². The smallest absolute Gasteiger partial charge is 0.272 e. The molecule has 0 unspecified atom stereocenters. The Morgan fingerprint density at radius 3 is 2.50 bits per heavy atom. The lowest BCUT2D eigenvalue weighted by Gasteiger charge is -2.09. The van der Waals surface area contributed by atoms with Gasteiger partial charge in [0.15, 0.2) is 0 Å². The lowest BCUT2D eigenvalue weighted by Crippen LogP contribution is -2.11. The highest BCUT2D eigenvalue weighted by molar-refractivity contribution is 5.91. The van der Waals surface area contributed by atoms with Crippen molar-refractivity contribution in [3.8, 4) is 0 Å². The second kappa shape index (κ2) is 4.74. The Morgan fingerprint density at radius 1 is 1.38 bits per heavy atom. The van der Waals surface area contributed by atoms with E-state index in [4.69, 9.17) is 0 Å². The summed E-state index contributed by atoms with van der Waals surface area (Å²) in [5.41, 5.74) is 2.02. The Morgan fingerprint density at radius 2 is 2.00 bits per heavy atom. The van der Waals surface area contributed by atoms with Crippen LogP contribution in [0.25, 0.3) is 0 Å². The van der Waals surface area contributed by atoms with Gasteiger partial charge in [0.2, 0.25) is 5.91 Å². The largest absolute Gasteiger partial charge is 0.326 e. The van der Waals surface area contributed by atoms with E-state index in [-0.39, 0.29) is 11.6 Å². The summed E-state index contributed by atoms with van der Waals surface area (Å²) in [6, 6.07) is 2.97. The number of hydrogen-bond acceptors (Lipinski definition) is 3. The predicted molar refractivity (Wildman–Crippen MR) is 61.5 cm³/mol. The zero-order valence-corrected chi connectivity index (χ0v) is 9.53. The van der Waals surface area contributed by atoms with Gasteiger partial charge >= 0.3 is 0 Å². The Labute approximate surface area is 93.6 Å². The average molecular weight is 222 g/mol. The van der Waals surface area contributed by atoms with E-state index in [1.54, 1.807) is 26.8 Å². The normalized spacial score (nSPS) is 9.94. The van der Waals surface area contributed by atoms with Crippen molar-refractivity contribution in [1.82, 2.24) is 0 Å². The van der Waals surface area contributed by atoms with Crippen molar-refractivity contribution in [3.05, 3.63) is 33.4 Å². The van der Waals surface area contributed by atoms with Crippen LogP contribution in [-0.4, -0.2) is 10.8 Å². The molecule has 0 saturated carbocycles. The van der Waals surface area contributed by atoms with Crippen LogP contribution < -0.4 is 5.32 Å². The minimum atomic E-state index is -0.423. The lowest BCUT2D eigenvalue weighted by molar-refractivity contribution is -0.385. The molecule has 0 aliphatic heterocycles. The fraction of sp³-hybridized carbons (Fsp3) is 0.364. The van der Waals surface area contributed by atoms with E-state index >= 15 is 0 Å². The van der Waals surface area contributed by atoms with Gasteiger partial charge < -0.3 is 5.32 Å². The van der Waals surface area contributed by atoms with E-state index in [9.17, 15) is 14.9 Å². The summed E-state index contributed by atoms with van der Waals surface area (Å²) in [5.74, 6) is -0.101. The molecule has 0 aliphatic carbocycles. The fourth-order valence-electron chi connectivity index (χ4n) is 1.38. The Hall–Kier alpha value is -1.91. The first kappa shape index (κ1) is 12.2. The van der Waals surface area contributed by atoms with Gasteiger partial charge in [-0.25, -0.2) is 0 Å². The van der Waals surface area contributed by atoms with Gasteiger partial charge in [-0.15, -0.1) is 0 Å². The third-order valence-electron chi connectivity index (χ3n) is 2.55. The molecule has 1 N–H and O–H groups in total. The number of nitrogens with zero attached hydrogens (tertiary/aromatic N) is 1. The Kier molecular flexibility index (Phi) is 3.60. The van der Waals surface area contributed by atoms with Crippen LogP contribution in [0.5, 0.6) is 0 Å². The first-order valence-corrected chi connectivity index (χ1v) is 5.01. The minimum absolute atomic E-state index is 0.0759. The quantitative estimate of drug-likeness (QED) is 0.631. The van der Waals surface area contributed by atoms with Gasteiger partial charge in [-0.3, -0.25) is 14.9 Å². The maximum absolute atomic E-state index is 11.2. The van der Waals surface area contributed by atoms with E-state index in [0.717, 1.165) is 5.56 Å². The standard InChI is InChI=1S/C11H14N2O3/c1-4-11(14)12-9-5-6-10(13(15)16)8(3)7(9)2/h5-6H,4H2,1-3H3,(H,12,14). The van der Waals surface area contributed by atoms with Crippen LogP contribution in [0.4, 0.5) is 11.4 Å². The highest BCUT2D eigenvalue weighted by Gasteiger charge is 2.15. The summed E-state index contributed by atoms with van der Waals surface area (Å²) in [6.07, 6.45) is 0.384. The molecule has 0 aromatic heterocycles. The first-order chi connectivity index (χ1) is 7.47. The molecule has 1 amide bonds. The first-order valence-electron chi connectivity index (χ1n) is 5.01. The molecule has 1 aromatic rings. The van der Waals surface area contributed by atoms with Crippen LogP contribution in [-0.2, 0) is 4.79 Å². The molecule has 0 heterocycles. The van der Waals surface area contributed by atoms with Crippen LogP contribution in [0.2, 0.25) is 0 Å².